The van der Waals surface area contributed by atoms with Crippen LogP contribution in [0.4, 0.5) is 25.0 Å². The number of hydrogen-bond acceptors (Lipinski definition) is 4. The van der Waals surface area contributed by atoms with Gasteiger partial charge in [-0.15, -0.1) is 0 Å². The van der Waals surface area contributed by atoms with Crippen molar-refractivity contribution in [3.05, 3.63) is 65.4 Å². The number of urea groups is 1. The molecule has 2 N–H and O–H groups in total. The highest BCUT2D eigenvalue weighted by Crippen LogP contribution is 2.24. The van der Waals surface area contributed by atoms with Crippen LogP contribution >= 0.6 is 0 Å². The van der Waals surface area contributed by atoms with Crippen LogP contribution in [0, 0.1) is 11.6 Å². The van der Waals surface area contributed by atoms with Gasteiger partial charge in [-0.05, 0) is 49.2 Å². The Kier molecular flexibility index (Phi) is 5.66. The first kappa shape index (κ1) is 20.5. The van der Waals surface area contributed by atoms with Crippen LogP contribution in [0.2, 0.25) is 0 Å². The van der Waals surface area contributed by atoms with Gasteiger partial charge in [-0.25, -0.2) is 18.5 Å². The Hall–Kier alpha value is -3.75. The molecule has 0 spiro atoms. The number of carbonyl (C=O) groups excluding carboxylic acids is 3. The van der Waals surface area contributed by atoms with Crippen molar-refractivity contribution in [3.63, 3.8) is 0 Å². The van der Waals surface area contributed by atoms with Crippen molar-refractivity contribution in [3.8, 4) is 0 Å². The molecule has 4 rings (SSSR count). The van der Waals surface area contributed by atoms with Gasteiger partial charge in [-0.1, -0.05) is 12.1 Å². The van der Waals surface area contributed by atoms with Gasteiger partial charge in [0.15, 0.2) is 0 Å². The summed E-state index contributed by atoms with van der Waals surface area (Å²) in [5.41, 5.74) is 0.710. The Morgan fingerprint density at radius 1 is 1.06 bits per heavy atom. The van der Waals surface area contributed by atoms with Gasteiger partial charge in [0.25, 0.3) is 5.91 Å². The largest absolute Gasteiger partial charge is 0.371 e. The fourth-order valence-electron chi connectivity index (χ4n) is 3.57. The molecule has 2 aromatic rings. The lowest BCUT2D eigenvalue weighted by Gasteiger charge is -2.17. The molecule has 2 aliphatic rings. The van der Waals surface area contributed by atoms with E-state index in [1.54, 1.807) is 12.1 Å². The Balaban J connectivity index is 1.45. The van der Waals surface area contributed by atoms with Crippen molar-refractivity contribution in [1.82, 2.24) is 10.2 Å². The molecule has 160 valence electrons. The van der Waals surface area contributed by atoms with E-state index in [1.807, 2.05) is 0 Å². The van der Waals surface area contributed by atoms with Gasteiger partial charge in [-0.3, -0.25) is 9.59 Å². The van der Waals surface area contributed by atoms with Gasteiger partial charge in [0.1, 0.15) is 23.9 Å². The number of anilines is 2. The molecule has 0 aliphatic carbocycles. The van der Waals surface area contributed by atoms with Crippen molar-refractivity contribution in [2.24, 2.45) is 0 Å². The SMILES string of the molecule is O=C(CN1C(=O)N/C(=C/c2ccc(N3CCCC3)cc2F)C1=O)Nc1ccccc1F. The quantitative estimate of drug-likeness (QED) is 0.569. The van der Waals surface area contributed by atoms with Crippen LogP contribution in [0.15, 0.2) is 48.2 Å². The minimum Gasteiger partial charge on any atom is -0.371 e. The Bertz CT molecular complexity index is 1080. The number of hydrogen-bond donors (Lipinski definition) is 2. The van der Waals surface area contributed by atoms with E-state index in [1.165, 1.54) is 36.4 Å². The fourth-order valence-corrected chi connectivity index (χ4v) is 3.57. The number of nitrogens with zero attached hydrogens (tertiary/aromatic N) is 2. The van der Waals surface area contributed by atoms with Gasteiger partial charge in [0.05, 0.1) is 5.69 Å². The smallest absolute Gasteiger partial charge is 0.329 e. The highest BCUT2D eigenvalue weighted by Gasteiger charge is 2.35. The number of rotatable bonds is 5. The van der Waals surface area contributed by atoms with Crippen LogP contribution in [0.25, 0.3) is 6.08 Å². The van der Waals surface area contributed by atoms with Crippen molar-refractivity contribution < 1.29 is 23.2 Å². The third-order valence-corrected chi connectivity index (χ3v) is 5.17. The maximum absolute atomic E-state index is 14.6. The van der Waals surface area contributed by atoms with E-state index in [0.29, 0.717) is 4.90 Å². The lowest BCUT2D eigenvalue weighted by Crippen LogP contribution is -2.38. The number of nitrogens with one attached hydrogen (secondary N) is 2. The van der Waals surface area contributed by atoms with E-state index in [9.17, 15) is 23.2 Å². The van der Waals surface area contributed by atoms with Crippen LogP contribution in [0.3, 0.4) is 0 Å². The zero-order valence-electron chi connectivity index (χ0n) is 16.5. The molecule has 4 amide bonds. The van der Waals surface area contributed by atoms with Crippen LogP contribution in [-0.2, 0) is 9.59 Å². The molecule has 0 aromatic heterocycles. The van der Waals surface area contributed by atoms with E-state index >= 15 is 0 Å². The second-order valence-electron chi connectivity index (χ2n) is 7.31. The van der Waals surface area contributed by atoms with Crippen molar-refractivity contribution in [2.45, 2.75) is 12.8 Å². The summed E-state index contributed by atoms with van der Waals surface area (Å²) < 4.78 is 28.2. The van der Waals surface area contributed by atoms with E-state index in [2.05, 4.69) is 15.5 Å². The molecule has 2 saturated heterocycles. The molecule has 31 heavy (non-hydrogen) atoms. The first-order valence-corrected chi connectivity index (χ1v) is 9.86. The van der Waals surface area contributed by atoms with E-state index < -0.39 is 36.0 Å². The van der Waals surface area contributed by atoms with E-state index in [0.717, 1.165) is 31.6 Å². The van der Waals surface area contributed by atoms with Crippen molar-refractivity contribution >= 4 is 35.3 Å². The van der Waals surface area contributed by atoms with Gasteiger partial charge in [-0.2, -0.15) is 0 Å². The predicted molar refractivity (Wildman–Crippen MR) is 111 cm³/mol. The molecule has 2 fully saturated rings. The highest BCUT2D eigenvalue weighted by atomic mass is 19.1. The van der Waals surface area contributed by atoms with Gasteiger partial charge in [0.2, 0.25) is 5.91 Å². The molecule has 2 aromatic carbocycles. The summed E-state index contributed by atoms with van der Waals surface area (Å²) >= 11 is 0. The van der Waals surface area contributed by atoms with Crippen LogP contribution in [0.5, 0.6) is 0 Å². The third kappa shape index (κ3) is 4.40. The minimum atomic E-state index is -0.811. The Morgan fingerprint density at radius 3 is 2.52 bits per heavy atom. The average Bonchev–Trinajstić information content (AvgIpc) is 3.36. The lowest BCUT2D eigenvalue weighted by atomic mass is 10.1. The molecular formula is C22H20F2N4O3. The maximum atomic E-state index is 14.6. The second-order valence-corrected chi connectivity index (χ2v) is 7.31. The maximum Gasteiger partial charge on any atom is 0.329 e. The van der Waals surface area contributed by atoms with E-state index in [4.69, 9.17) is 0 Å². The van der Waals surface area contributed by atoms with Crippen LogP contribution in [-0.4, -0.2) is 42.4 Å². The highest BCUT2D eigenvalue weighted by molar-refractivity contribution is 6.16. The lowest BCUT2D eigenvalue weighted by molar-refractivity contribution is -0.127. The number of para-hydroxylation sites is 1. The summed E-state index contributed by atoms with van der Waals surface area (Å²) in [6.07, 6.45) is 3.36. The van der Waals surface area contributed by atoms with Gasteiger partial charge < -0.3 is 15.5 Å². The van der Waals surface area contributed by atoms with Gasteiger partial charge >= 0.3 is 6.03 Å². The molecule has 0 bridgehead atoms. The second kappa shape index (κ2) is 8.55. The Morgan fingerprint density at radius 2 is 1.81 bits per heavy atom. The molecule has 0 unspecified atom stereocenters. The molecule has 0 atom stereocenters. The standard InChI is InChI=1S/C22H20F2N4O3/c23-16-5-1-2-6-18(16)25-20(29)13-28-21(30)19(26-22(28)31)11-14-7-8-15(12-17(14)24)27-9-3-4-10-27/h1-2,5-8,11-12H,3-4,9-10,13H2,(H,25,29)(H,26,31)/b19-11+. The zero-order valence-corrected chi connectivity index (χ0v) is 16.5. The zero-order chi connectivity index (χ0) is 22.0. The van der Waals surface area contributed by atoms with Crippen molar-refractivity contribution in [1.29, 1.82) is 0 Å². The molecule has 9 heteroatoms. The van der Waals surface area contributed by atoms with E-state index in [-0.39, 0.29) is 16.9 Å². The van der Waals surface area contributed by atoms with Crippen LogP contribution < -0.4 is 15.5 Å². The topological polar surface area (TPSA) is 81.8 Å². The number of benzene rings is 2. The number of amides is 4. The summed E-state index contributed by atoms with van der Waals surface area (Å²) in [6.45, 7) is 1.14. The van der Waals surface area contributed by atoms with Crippen molar-refractivity contribution in [2.75, 3.05) is 29.9 Å². The fraction of sp³-hybridized carbons (Fsp3) is 0.227. The minimum absolute atomic E-state index is 0.0597. The molecule has 2 aliphatic heterocycles. The average molecular weight is 426 g/mol. The van der Waals surface area contributed by atoms with Crippen LogP contribution in [0.1, 0.15) is 18.4 Å². The third-order valence-electron chi connectivity index (χ3n) is 5.17. The Labute approximate surface area is 177 Å². The molecule has 2 heterocycles. The summed E-state index contributed by atoms with van der Waals surface area (Å²) in [5, 5.41) is 4.66. The first-order chi connectivity index (χ1) is 14.9. The molecular weight excluding hydrogens is 406 g/mol. The first-order valence-electron chi connectivity index (χ1n) is 9.86. The summed E-state index contributed by atoms with van der Waals surface area (Å²) in [4.78, 5) is 39.6. The summed E-state index contributed by atoms with van der Waals surface area (Å²) in [6, 6.07) is 9.44. The number of carbonyl (C=O) groups is 3. The molecule has 7 nitrogen and oxygen atoms in total. The monoisotopic (exact) mass is 426 g/mol. The molecule has 0 saturated carbocycles. The normalized spacial score (nSPS) is 17.4. The number of imide groups is 1. The van der Waals surface area contributed by atoms with Gasteiger partial charge in [0, 0.05) is 24.3 Å². The summed E-state index contributed by atoms with van der Waals surface area (Å²) in [5.74, 6) is -2.66. The number of halogens is 2. The molecule has 0 radical (unpaired) electrons. The summed E-state index contributed by atoms with van der Waals surface area (Å²) in [7, 11) is 0. The predicted octanol–water partition coefficient (Wildman–Crippen LogP) is 3.10.